The predicted octanol–water partition coefficient (Wildman–Crippen LogP) is 4.10. The summed E-state index contributed by atoms with van der Waals surface area (Å²) in [6, 6.07) is 0. The van der Waals surface area contributed by atoms with E-state index in [2.05, 4.69) is 20.8 Å². The minimum absolute atomic E-state index is 0.884. The van der Waals surface area contributed by atoms with Gasteiger partial charge in [-0.15, -0.1) is 0 Å². The van der Waals surface area contributed by atoms with E-state index in [1.807, 2.05) is 27.7 Å². The van der Waals surface area contributed by atoms with Gasteiger partial charge in [0.1, 0.15) is 0 Å². The van der Waals surface area contributed by atoms with Gasteiger partial charge in [-0.3, -0.25) is 0 Å². The van der Waals surface area contributed by atoms with Crippen molar-refractivity contribution in [1.82, 2.24) is 0 Å². The molecule has 0 N–H and O–H groups in total. The first kappa shape index (κ1) is 16.0. The second-order valence-electron chi connectivity index (χ2n) is 1.80. The van der Waals surface area contributed by atoms with Crippen LogP contribution in [0.3, 0.4) is 0 Å². The minimum Gasteiger partial charge on any atom is -0.0683 e. The molecule has 0 atom stereocenters. The summed E-state index contributed by atoms with van der Waals surface area (Å²) in [5.74, 6) is 0.884. The van der Waals surface area contributed by atoms with Gasteiger partial charge in [0.2, 0.25) is 0 Å². The highest BCUT2D eigenvalue weighted by Gasteiger charge is 1.80. The highest BCUT2D eigenvalue weighted by Crippen LogP contribution is 1.93. The first-order chi connectivity index (χ1) is 4.27. The Kier molecular flexibility index (Phi) is 43.6. The summed E-state index contributed by atoms with van der Waals surface area (Å²) in [7, 11) is 0. The smallest absolute Gasteiger partial charge is 0.0474 e. The van der Waals surface area contributed by atoms with Crippen LogP contribution >= 0.6 is 0 Å². The number of rotatable bonds is 1. The van der Waals surface area contributed by atoms with E-state index >= 15 is 0 Å². The lowest BCUT2D eigenvalue weighted by atomic mass is 10.2. The molecule has 0 rings (SSSR count). The Balaban J connectivity index is -0.0000000771. The molecule has 0 radical (unpaired) electrons. The average molecular weight is 132 g/mol. The van der Waals surface area contributed by atoms with Crippen LogP contribution in [0.4, 0.5) is 0 Å². The van der Waals surface area contributed by atoms with Crippen LogP contribution < -0.4 is 0 Å². The van der Waals surface area contributed by atoms with Gasteiger partial charge in [0.05, 0.1) is 0 Å². The van der Waals surface area contributed by atoms with E-state index in [9.17, 15) is 0 Å². The molecular formula is C9H24. The Morgan fingerprint density at radius 2 is 1.00 bits per heavy atom. The Hall–Kier alpha value is 0. The van der Waals surface area contributed by atoms with Crippen molar-refractivity contribution in [3.8, 4) is 0 Å². The minimum atomic E-state index is 0.884. The van der Waals surface area contributed by atoms with Gasteiger partial charge < -0.3 is 0 Å². The first-order valence-corrected chi connectivity index (χ1v) is 4.27. The molecule has 0 nitrogen and oxygen atoms in total. The molecule has 0 spiro atoms. The molecule has 0 aromatic carbocycles. The summed E-state index contributed by atoms with van der Waals surface area (Å²) in [6.07, 6.45) is 1.31. The molecule has 0 amide bonds. The fourth-order valence-electron chi connectivity index (χ4n) is 0. The van der Waals surface area contributed by atoms with E-state index in [-0.39, 0.29) is 0 Å². The van der Waals surface area contributed by atoms with E-state index in [1.54, 1.807) is 0 Å². The molecule has 0 heterocycles. The third-order valence-corrected chi connectivity index (χ3v) is 0.816. The van der Waals surface area contributed by atoms with Gasteiger partial charge in [-0.05, 0) is 5.92 Å². The maximum atomic E-state index is 2.22. The molecule has 0 heteroatoms. The van der Waals surface area contributed by atoms with Crippen LogP contribution in [0, 0.1) is 5.92 Å². The summed E-state index contributed by atoms with van der Waals surface area (Å²) in [5, 5.41) is 0. The second kappa shape index (κ2) is 24.5. The first-order valence-electron chi connectivity index (χ1n) is 4.27. The van der Waals surface area contributed by atoms with Crippen molar-refractivity contribution < 1.29 is 0 Å². The molecule has 0 saturated heterocycles. The SMILES string of the molecule is CC.CC.CCC(C)C. The molecule has 60 valence electrons. The van der Waals surface area contributed by atoms with Crippen molar-refractivity contribution in [2.75, 3.05) is 0 Å². The zero-order valence-electron chi connectivity index (χ0n) is 8.28. The molecule has 0 bridgehead atoms. The summed E-state index contributed by atoms with van der Waals surface area (Å²) in [5.41, 5.74) is 0. The highest BCUT2D eigenvalue weighted by atomic mass is 13.9. The van der Waals surface area contributed by atoms with Crippen molar-refractivity contribution in [3.63, 3.8) is 0 Å². The van der Waals surface area contributed by atoms with Crippen LogP contribution in [0.1, 0.15) is 54.9 Å². The standard InChI is InChI=1S/C5H12.2C2H6/c1-4-5(2)3;2*1-2/h5H,4H2,1-3H3;2*1-2H3. The van der Waals surface area contributed by atoms with Gasteiger partial charge in [-0.2, -0.15) is 0 Å². The zero-order valence-corrected chi connectivity index (χ0v) is 8.28. The van der Waals surface area contributed by atoms with Gasteiger partial charge >= 0.3 is 0 Å². The van der Waals surface area contributed by atoms with Gasteiger partial charge in [-0.1, -0.05) is 54.9 Å². The molecule has 0 unspecified atom stereocenters. The van der Waals surface area contributed by atoms with Crippen molar-refractivity contribution in [2.24, 2.45) is 5.92 Å². The monoisotopic (exact) mass is 132 g/mol. The normalized spacial score (nSPS) is 6.67. The molecule has 0 aliphatic rings. The van der Waals surface area contributed by atoms with Crippen LogP contribution in [0.25, 0.3) is 0 Å². The van der Waals surface area contributed by atoms with E-state index < -0.39 is 0 Å². The summed E-state index contributed by atoms with van der Waals surface area (Å²) >= 11 is 0. The van der Waals surface area contributed by atoms with Gasteiger partial charge in [0, 0.05) is 0 Å². The lowest BCUT2D eigenvalue weighted by Crippen LogP contribution is -1.77. The number of hydrogen-bond donors (Lipinski definition) is 0. The van der Waals surface area contributed by atoms with Crippen LogP contribution in [-0.4, -0.2) is 0 Å². The van der Waals surface area contributed by atoms with Crippen LogP contribution in [0.2, 0.25) is 0 Å². The average Bonchev–Trinajstić information content (AvgIpc) is 1.97. The van der Waals surface area contributed by atoms with Crippen molar-refractivity contribution in [2.45, 2.75) is 54.9 Å². The molecule has 0 aromatic rings. The summed E-state index contributed by atoms with van der Waals surface area (Å²) in [6.45, 7) is 14.6. The van der Waals surface area contributed by atoms with Gasteiger partial charge in [-0.25, -0.2) is 0 Å². The largest absolute Gasteiger partial charge is 0.0683 e. The molecule has 0 fully saturated rings. The van der Waals surface area contributed by atoms with Crippen molar-refractivity contribution >= 4 is 0 Å². The lowest BCUT2D eigenvalue weighted by Gasteiger charge is -1.90. The quantitative estimate of drug-likeness (QED) is 0.504. The maximum Gasteiger partial charge on any atom is -0.0474 e. The maximum absolute atomic E-state index is 2.22. The fourth-order valence-corrected chi connectivity index (χ4v) is 0. The summed E-state index contributed by atoms with van der Waals surface area (Å²) in [4.78, 5) is 0. The van der Waals surface area contributed by atoms with Crippen LogP contribution in [0.15, 0.2) is 0 Å². The van der Waals surface area contributed by atoms with Gasteiger partial charge in [0.15, 0.2) is 0 Å². The molecule has 9 heavy (non-hydrogen) atoms. The Labute approximate surface area is 61.7 Å². The van der Waals surface area contributed by atoms with E-state index in [4.69, 9.17) is 0 Å². The predicted molar refractivity (Wildman–Crippen MR) is 47.8 cm³/mol. The van der Waals surface area contributed by atoms with E-state index in [1.165, 1.54) is 6.42 Å². The lowest BCUT2D eigenvalue weighted by molar-refractivity contribution is 0.626. The van der Waals surface area contributed by atoms with E-state index in [0.717, 1.165) is 5.92 Å². The topological polar surface area (TPSA) is 0 Å². The second-order valence-corrected chi connectivity index (χ2v) is 1.80. The van der Waals surface area contributed by atoms with E-state index in [0.29, 0.717) is 0 Å². The molecule has 0 aliphatic carbocycles. The Bertz CT molecular complexity index is 14.0. The zero-order chi connectivity index (χ0) is 8.28. The molecule has 0 saturated carbocycles. The third kappa shape index (κ3) is 72.0. The third-order valence-electron chi connectivity index (χ3n) is 0.816. The summed E-state index contributed by atoms with van der Waals surface area (Å²) < 4.78 is 0. The van der Waals surface area contributed by atoms with Gasteiger partial charge in [0.25, 0.3) is 0 Å². The van der Waals surface area contributed by atoms with Crippen molar-refractivity contribution in [1.29, 1.82) is 0 Å². The molecule has 0 aliphatic heterocycles. The fraction of sp³-hybridized carbons (Fsp3) is 1.00. The Morgan fingerprint density at radius 3 is 1.00 bits per heavy atom. The molecular weight excluding hydrogens is 108 g/mol. The van der Waals surface area contributed by atoms with Crippen LogP contribution in [-0.2, 0) is 0 Å². The highest BCUT2D eigenvalue weighted by molar-refractivity contribution is 4.32. The number of hydrogen-bond acceptors (Lipinski definition) is 0. The molecule has 0 aromatic heterocycles. The van der Waals surface area contributed by atoms with Crippen LogP contribution in [0.5, 0.6) is 0 Å². The Morgan fingerprint density at radius 1 is 0.889 bits per heavy atom. The van der Waals surface area contributed by atoms with Crippen molar-refractivity contribution in [3.05, 3.63) is 0 Å².